The predicted molar refractivity (Wildman–Crippen MR) is 126 cm³/mol. The van der Waals surface area contributed by atoms with Crippen LogP contribution in [0.25, 0.3) is 33.3 Å². The van der Waals surface area contributed by atoms with Gasteiger partial charge in [-0.3, -0.25) is 4.98 Å². The number of H-pyrrole nitrogens is 1. The van der Waals surface area contributed by atoms with Gasteiger partial charge in [-0.2, -0.15) is 13.2 Å². The Kier molecular flexibility index (Phi) is 4.58. The Morgan fingerprint density at radius 1 is 1.06 bits per heavy atom. The van der Waals surface area contributed by atoms with Crippen LogP contribution in [0.2, 0.25) is 0 Å². The third kappa shape index (κ3) is 3.30. The van der Waals surface area contributed by atoms with Crippen LogP contribution in [0.3, 0.4) is 0 Å². The van der Waals surface area contributed by atoms with E-state index in [1.165, 1.54) is 18.2 Å². The molecule has 35 heavy (non-hydrogen) atoms. The van der Waals surface area contributed by atoms with Crippen molar-refractivity contribution in [2.75, 3.05) is 18.0 Å². The largest absolute Gasteiger partial charge is 0.431 e. The zero-order valence-corrected chi connectivity index (χ0v) is 18.9. The minimum atomic E-state index is -4.49. The Morgan fingerprint density at radius 2 is 1.94 bits per heavy atom. The molecule has 2 N–H and O–H groups in total. The highest BCUT2D eigenvalue weighted by Crippen LogP contribution is 2.44. The van der Waals surface area contributed by atoms with E-state index in [9.17, 15) is 13.2 Å². The van der Waals surface area contributed by atoms with Crippen LogP contribution in [0.1, 0.15) is 49.3 Å². The number of pyridine rings is 2. The van der Waals surface area contributed by atoms with Gasteiger partial charge in [0, 0.05) is 47.4 Å². The van der Waals surface area contributed by atoms with E-state index in [0.717, 1.165) is 61.6 Å². The van der Waals surface area contributed by atoms with Crippen LogP contribution in [-0.4, -0.2) is 50.1 Å². The van der Waals surface area contributed by atoms with Crippen LogP contribution in [-0.2, 0) is 6.18 Å². The maximum atomic E-state index is 13.4. The number of fused-ring (bicyclic) bond motifs is 3. The van der Waals surface area contributed by atoms with Gasteiger partial charge >= 0.3 is 6.18 Å². The lowest BCUT2D eigenvalue weighted by Gasteiger charge is -2.30. The third-order valence-electron chi connectivity index (χ3n) is 7.90. The summed E-state index contributed by atoms with van der Waals surface area (Å²) in [6, 6.07) is 3.57. The number of rotatable bonds is 3. The summed E-state index contributed by atoms with van der Waals surface area (Å²) >= 11 is 0. The fourth-order valence-corrected chi connectivity index (χ4v) is 5.95. The van der Waals surface area contributed by atoms with E-state index in [4.69, 9.17) is 9.97 Å². The molecule has 3 fully saturated rings. The lowest BCUT2D eigenvalue weighted by Crippen LogP contribution is -2.35. The summed E-state index contributed by atoms with van der Waals surface area (Å²) in [5.74, 6) is 1.72. The number of aromatic amines is 1. The minimum absolute atomic E-state index is 0.169. The van der Waals surface area contributed by atoms with Crippen molar-refractivity contribution in [1.29, 1.82) is 0 Å². The van der Waals surface area contributed by atoms with E-state index < -0.39 is 11.9 Å². The second kappa shape index (κ2) is 7.61. The normalized spacial score (nSPS) is 22.8. The first-order chi connectivity index (χ1) is 17.0. The fourth-order valence-electron chi connectivity index (χ4n) is 5.95. The molecule has 0 amide bonds. The van der Waals surface area contributed by atoms with Crippen molar-refractivity contribution < 1.29 is 13.2 Å². The maximum absolute atomic E-state index is 13.4. The molecular formula is C25H24F3N7. The number of hydrogen-bond donors (Lipinski definition) is 2. The van der Waals surface area contributed by atoms with Gasteiger partial charge in [-0.05, 0) is 55.8 Å². The molecule has 4 aromatic heterocycles. The molecule has 0 aromatic carbocycles. The van der Waals surface area contributed by atoms with Crippen molar-refractivity contribution in [2.24, 2.45) is 0 Å². The Morgan fingerprint density at radius 3 is 2.74 bits per heavy atom. The van der Waals surface area contributed by atoms with E-state index in [-0.39, 0.29) is 5.65 Å². The highest BCUT2D eigenvalue weighted by molar-refractivity contribution is 5.97. The first-order valence-electron chi connectivity index (χ1n) is 12.2. The average Bonchev–Trinajstić information content (AvgIpc) is 3.52. The van der Waals surface area contributed by atoms with Gasteiger partial charge in [0.1, 0.15) is 17.2 Å². The van der Waals surface area contributed by atoms with Crippen LogP contribution in [0.15, 0.2) is 30.7 Å². The lowest BCUT2D eigenvalue weighted by atomic mass is 9.79. The zero-order chi connectivity index (χ0) is 23.7. The monoisotopic (exact) mass is 479 g/mol. The number of halogens is 3. The molecule has 0 spiro atoms. The topological polar surface area (TPSA) is 82.6 Å². The molecule has 7 nitrogen and oxygen atoms in total. The highest BCUT2D eigenvalue weighted by atomic mass is 19.4. The summed E-state index contributed by atoms with van der Waals surface area (Å²) in [7, 11) is 0. The molecule has 2 atom stereocenters. The van der Waals surface area contributed by atoms with Gasteiger partial charge in [0.05, 0.1) is 11.7 Å². The molecule has 0 radical (unpaired) electrons. The quantitative estimate of drug-likeness (QED) is 0.440. The summed E-state index contributed by atoms with van der Waals surface area (Å²) in [5, 5.41) is 4.99. The van der Waals surface area contributed by atoms with E-state index in [2.05, 4.69) is 25.2 Å². The van der Waals surface area contributed by atoms with Gasteiger partial charge in [0.15, 0.2) is 5.82 Å². The number of hydrogen-bond acceptors (Lipinski definition) is 6. The van der Waals surface area contributed by atoms with E-state index in [1.807, 2.05) is 6.20 Å². The van der Waals surface area contributed by atoms with E-state index in [0.29, 0.717) is 34.8 Å². The van der Waals surface area contributed by atoms with Crippen molar-refractivity contribution in [2.45, 2.75) is 56.3 Å². The molecule has 3 aliphatic rings. The van der Waals surface area contributed by atoms with Crippen LogP contribution in [0.4, 0.5) is 19.0 Å². The van der Waals surface area contributed by atoms with Crippen molar-refractivity contribution in [3.63, 3.8) is 0 Å². The second-order valence-corrected chi connectivity index (χ2v) is 9.82. The predicted octanol–water partition coefficient (Wildman–Crippen LogP) is 4.80. The Labute approximate surface area is 199 Å². The molecule has 2 aliphatic heterocycles. The van der Waals surface area contributed by atoms with Crippen LogP contribution >= 0.6 is 0 Å². The maximum Gasteiger partial charge on any atom is 0.431 e. The molecule has 1 saturated carbocycles. The van der Waals surface area contributed by atoms with Gasteiger partial charge in [-0.1, -0.05) is 6.42 Å². The van der Waals surface area contributed by atoms with E-state index in [1.54, 1.807) is 12.3 Å². The van der Waals surface area contributed by atoms with E-state index >= 15 is 0 Å². The number of anilines is 1. The Hall–Kier alpha value is -3.27. The molecule has 7 rings (SSSR count). The van der Waals surface area contributed by atoms with Gasteiger partial charge in [-0.15, -0.1) is 0 Å². The summed E-state index contributed by atoms with van der Waals surface area (Å²) in [4.78, 5) is 23.3. The van der Waals surface area contributed by atoms with Crippen molar-refractivity contribution in [3.8, 4) is 11.4 Å². The van der Waals surface area contributed by atoms with Crippen LogP contribution in [0, 0.1) is 0 Å². The van der Waals surface area contributed by atoms with Crippen molar-refractivity contribution in [1.82, 2.24) is 30.2 Å². The molecule has 4 aromatic rings. The second-order valence-electron chi connectivity index (χ2n) is 9.82. The molecule has 6 heterocycles. The number of alkyl halides is 3. The zero-order valence-electron chi connectivity index (χ0n) is 18.9. The standard InChI is InChI=1S/C25H24F3N7/c26-25(27,28)20-10-15-14(4-7-31-22(15)33-20)23-32-18-12-29-11-16(13-2-1-3-13)21(18)24(34-23)35-9-6-17-19(35)5-8-30-17/h4,7,10-13,17,19,30H,1-3,5-6,8-9H2,(H,31,33)/t17-,19?/m1/s1. The van der Waals surface area contributed by atoms with Gasteiger partial charge in [0.2, 0.25) is 0 Å². The number of nitrogens with zero attached hydrogens (tertiary/aromatic N) is 5. The van der Waals surface area contributed by atoms with Gasteiger partial charge < -0.3 is 15.2 Å². The van der Waals surface area contributed by atoms with Gasteiger partial charge in [0.25, 0.3) is 0 Å². The van der Waals surface area contributed by atoms with Gasteiger partial charge in [-0.25, -0.2) is 15.0 Å². The molecule has 1 unspecified atom stereocenters. The molecule has 1 aliphatic carbocycles. The summed E-state index contributed by atoms with van der Waals surface area (Å²) < 4.78 is 40.2. The summed E-state index contributed by atoms with van der Waals surface area (Å²) in [5.41, 5.74) is 1.79. The molecule has 180 valence electrons. The first kappa shape index (κ1) is 21.0. The Balaban J connectivity index is 1.46. The lowest BCUT2D eigenvalue weighted by molar-refractivity contribution is -0.140. The number of nitrogens with one attached hydrogen (secondary N) is 2. The molecule has 10 heteroatoms. The third-order valence-corrected chi connectivity index (χ3v) is 7.90. The van der Waals surface area contributed by atoms with Crippen LogP contribution < -0.4 is 10.2 Å². The fraction of sp³-hybridized carbons (Fsp3) is 0.440. The minimum Gasteiger partial charge on any atom is -0.351 e. The smallest absolute Gasteiger partial charge is 0.351 e. The SMILES string of the molecule is FC(F)(F)c1cc2c(-c3nc(N4CC[C@H]5NCCC54)c4c(C5CCC5)cncc4n3)ccnc2[nH]1. The number of aromatic nitrogens is 5. The molecular weight excluding hydrogens is 455 g/mol. The molecule has 2 saturated heterocycles. The highest BCUT2D eigenvalue weighted by Gasteiger charge is 2.40. The van der Waals surface area contributed by atoms with Crippen LogP contribution in [0.5, 0.6) is 0 Å². The summed E-state index contributed by atoms with van der Waals surface area (Å²) in [6.45, 7) is 1.86. The molecule has 0 bridgehead atoms. The van der Waals surface area contributed by atoms with Crippen molar-refractivity contribution in [3.05, 3.63) is 42.0 Å². The van der Waals surface area contributed by atoms with Crippen molar-refractivity contribution >= 4 is 27.8 Å². The first-order valence-corrected chi connectivity index (χ1v) is 12.2. The average molecular weight is 480 g/mol. The Bertz CT molecular complexity index is 1440. The summed E-state index contributed by atoms with van der Waals surface area (Å²) in [6.07, 6.45) is 6.26.